The van der Waals surface area contributed by atoms with Gasteiger partial charge in [-0.1, -0.05) is 44.2 Å². The molecule has 1 aromatic heterocycles. The molecule has 6 heteroatoms. The third kappa shape index (κ3) is 5.16. The highest BCUT2D eigenvalue weighted by Gasteiger charge is 2.14. The van der Waals surface area contributed by atoms with Gasteiger partial charge in [-0.25, -0.2) is 0 Å². The second-order valence-electron chi connectivity index (χ2n) is 8.87. The molecule has 0 aliphatic carbocycles. The molecule has 0 saturated heterocycles. The highest BCUT2D eigenvalue weighted by atomic mass is 16.6. The summed E-state index contributed by atoms with van der Waals surface area (Å²) in [7, 11) is 0. The maximum Gasteiger partial charge on any atom is 0.269 e. The molecular formula is C30H29N3O3. The first-order valence-electron chi connectivity index (χ1n) is 12.1. The van der Waals surface area contributed by atoms with Gasteiger partial charge < -0.3 is 9.30 Å². The first-order chi connectivity index (χ1) is 17.4. The Labute approximate surface area is 211 Å². The van der Waals surface area contributed by atoms with Gasteiger partial charge >= 0.3 is 0 Å². The van der Waals surface area contributed by atoms with Gasteiger partial charge in [0.1, 0.15) is 12.4 Å². The Morgan fingerprint density at radius 1 is 1.11 bits per heavy atom. The molecule has 36 heavy (non-hydrogen) atoms. The Morgan fingerprint density at radius 3 is 2.44 bits per heavy atom. The number of aromatic nitrogens is 1. The van der Waals surface area contributed by atoms with Crippen molar-refractivity contribution in [3.63, 3.8) is 0 Å². The van der Waals surface area contributed by atoms with Crippen LogP contribution in [0.5, 0.6) is 5.75 Å². The van der Waals surface area contributed by atoms with E-state index in [0.29, 0.717) is 30.2 Å². The number of para-hydroxylation sites is 1. The molecule has 0 N–H and O–H groups in total. The van der Waals surface area contributed by atoms with Crippen molar-refractivity contribution in [2.45, 2.75) is 39.7 Å². The lowest BCUT2D eigenvalue weighted by Gasteiger charge is -2.12. The van der Waals surface area contributed by atoms with Gasteiger partial charge in [0.15, 0.2) is 0 Å². The highest BCUT2D eigenvalue weighted by molar-refractivity contribution is 5.99. The molecule has 6 nitrogen and oxygen atoms in total. The fourth-order valence-corrected chi connectivity index (χ4v) is 4.40. The maximum atomic E-state index is 11.0. The summed E-state index contributed by atoms with van der Waals surface area (Å²) in [4.78, 5) is 10.5. The lowest BCUT2D eigenvalue weighted by Crippen LogP contribution is -2.09. The SMILES string of the molecule is CCC(C)c1ccc(OCCn2c(C)c(/C=C(\C#N)c3ccc([N+](=O)[O-])cc3)c3ccccc32)cc1. The smallest absolute Gasteiger partial charge is 0.269 e. The van der Waals surface area contributed by atoms with Gasteiger partial charge in [0, 0.05) is 34.3 Å². The van der Waals surface area contributed by atoms with E-state index in [2.05, 4.69) is 42.7 Å². The predicted octanol–water partition coefficient (Wildman–Crippen LogP) is 7.51. The first kappa shape index (κ1) is 24.7. The van der Waals surface area contributed by atoms with Gasteiger partial charge in [0.05, 0.1) is 23.1 Å². The number of hydrogen-bond donors (Lipinski definition) is 0. The second-order valence-corrected chi connectivity index (χ2v) is 8.87. The number of nitro benzene ring substituents is 1. The van der Waals surface area contributed by atoms with Gasteiger partial charge in [-0.3, -0.25) is 10.1 Å². The number of benzene rings is 3. The van der Waals surface area contributed by atoms with Crippen molar-refractivity contribution in [3.05, 3.63) is 105 Å². The van der Waals surface area contributed by atoms with E-state index in [0.717, 1.165) is 34.3 Å². The largest absolute Gasteiger partial charge is 0.492 e. The van der Waals surface area contributed by atoms with E-state index < -0.39 is 4.92 Å². The van der Waals surface area contributed by atoms with E-state index >= 15 is 0 Å². The molecule has 0 spiro atoms. The van der Waals surface area contributed by atoms with Crippen LogP contribution in [0.1, 0.15) is 48.6 Å². The van der Waals surface area contributed by atoms with Crippen molar-refractivity contribution < 1.29 is 9.66 Å². The van der Waals surface area contributed by atoms with Crippen LogP contribution in [-0.2, 0) is 6.54 Å². The first-order valence-corrected chi connectivity index (χ1v) is 12.1. The Bertz CT molecular complexity index is 1440. The Hall–Kier alpha value is -4.37. The lowest BCUT2D eigenvalue weighted by molar-refractivity contribution is -0.384. The van der Waals surface area contributed by atoms with Crippen LogP contribution >= 0.6 is 0 Å². The molecule has 1 unspecified atom stereocenters. The van der Waals surface area contributed by atoms with Crippen LogP contribution < -0.4 is 4.74 Å². The fraction of sp³-hybridized carbons (Fsp3) is 0.233. The molecule has 4 aromatic rings. The summed E-state index contributed by atoms with van der Waals surface area (Å²) in [6, 6.07) is 24.7. The number of nitriles is 1. The summed E-state index contributed by atoms with van der Waals surface area (Å²) in [5.74, 6) is 1.38. The van der Waals surface area contributed by atoms with E-state index in [1.807, 2.05) is 43.3 Å². The molecule has 0 amide bonds. The number of hydrogen-bond acceptors (Lipinski definition) is 4. The normalized spacial score (nSPS) is 12.3. The molecule has 0 aliphatic rings. The molecule has 182 valence electrons. The molecule has 4 rings (SSSR count). The number of rotatable bonds is 9. The predicted molar refractivity (Wildman–Crippen MR) is 144 cm³/mol. The van der Waals surface area contributed by atoms with E-state index in [1.165, 1.54) is 17.7 Å². The summed E-state index contributed by atoms with van der Waals surface area (Å²) < 4.78 is 8.26. The molecule has 0 saturated carbocycles. The van der Waals surface area contributed by atoms with Gasteiger partial charge in [0.25, 0.3) is 5.69 Å². The second kappa shape index (κ2) is 10.9. The van der Waals surface area contributed by atoms with E-state index in [1.54, 1.807) is 12.1 Å². The Morgan fingerprint density at radius 2 is 1.81 bits per heavy atom. The molecule has 0 radical (unpaired) electrons. The van der Waals surface area contributed by atoms with Crippen molar-refractivity contribution in [1.82, 2.24) is 4.57 Å². The summed E-state index contributed by atoms with van der Waals surface area (Å²) in [5, 5.41) is 21.9. The van der Waals surface area contributed by atoms with Crippen LogP contribution in [0, 0.1) is 28.4 Å². The van der Waals surface area contributed by atoms with Crippen molar-refractivity contribution in [1.29, 1.82) is 5.26 Å². The van der Waals surface area contributed by atoms with E-state index in [9.17, 15) is 15.4 Å². The van der Waals surface area contributed by atoms with Crippen LogP contribution in [0.15, 0.2) is 72.8 Å². The molecule has 3 aromatic carbocycles. The van der Waals surface area contributed by atoms with Crippen molar-refractivity contribution >= 4 is 28.2 Å². The number of ether oxygens (including phenoxy) is 1. The van der Waals surface area contributed by atoms with Crippen LogP contribution in [0.3, 0.4) is 0 Å². The van der Waals surface area contributed by atoms with Crippen molar-refractivity contribution in [2.75, 3.05) is 6.61 Å². The summed E-state index contributed by atoms with van der Waals surface area (Å²) in [5.41, 5.74) is 5.46. The number of fused-ring (bicyclic) bond motifs is 1. The lowest BCUT2D eigenvalue weighted by atomic mass is 9.99. The van der Waals surface area contributed by atoms with Crippen LogP contribution in [0.4, 0.5) is 5.69 Å². The Kier molecular flexibility index (Phi) is 7.50. The molecule has 0 aliphatic heterocycles. The quantitative estimate of drug-likeness (QED) is 0.141. The zero-order chi connectivity index (χ0) is 25.7. The molecule has 1 heterocycles. The van der Waals surface area contributed by atoms with Gasteiger partial charge in [0.2, 0.25) is 0 Å². The third-order valence-electron chi connectivity index (χ3n) is 6.72. The zero-order valence-corrected chi connectivity index (χ0v) is 20.8. The van der Waals surface area contributed by atoms with Crippen molar-refractivity contribution in [2.24, 2.45) is 0 Å². The molecule has 0 bridgehead atoms. The summed E-state index contributed by atoms with van der Waals surface area (Å²) in [6.07, 6.45) is 2.97. The summed E-state index contributed by atoms with van der Waals surface area (Å²) >= 11 is 0. The highest BCUT2D eigenvalue weighted by Crippen LogP contribution is 2.30. The minimum atomic E-state index is -0.445. The van der Waals surface area contributed by atoms with Crippen LogP contribution in [-0.4, -0.2) is 16.1 Å². The number of allylic oxidation sites excluding steroid dienone is 1. The van der Waals surface area contributed by atoms with E-state index in [4.69, 9.17) is 4.74 Å². The van der Waals surface area contributed by atoms with Crippen LogP contribution in [0.2, 0.25) is 0 Å². The van der Waals surface area contributed by atoms with Gasteiger partial charge in [-0.2, -0.15) is 5.26 Å². The average molecular weight is 480 g/mol. The molecule has 0 fully saturated rings. The Balaban J connectivity index is 1.59. The van der Waals surface area contributed by atoms with Gasteiger partial charge in [-0.05, 0) is 66.8 Å². The standard InChI is InChI=1S/C30H29N3O3/c1-4-21(2)23-11-15-27(16-12-23)36-18-17-32-22(3)29(28-7-5-6-8-30(28)32)19-25(20-31)24-9-13-26(14-10-24)33(34)35/h5-16,19,21H,4,17-18H2,1-3H3/b25-19+. The summed E-state index contributed by atoms with van der Waals surface area (Å²) in [6.45, 7) is 7.62. The third-order valence-corrected chi connectivity index (χ3v) is 6.72. The fourth-order valence-electron chi connectivity index (χ4n) is 4.40. The monoisotopic (exact) mass is 479 g/mol. The van der Waals surface area contributed by atoms with Crippen molar-refractivity contribution in [3.8, 4) is 11.8 Å². The number of nitro groups is 1. The zero-order valence-electron chi connectivity index (χ0n) is 20.8. The average Bonchev–Trinajstić information content (AvgIpc) is 3.17. The number of non-ortho nitro benzene ring substituents is 1. The minimum absolute atomic E-state index is 0.00154. The van der Waals surface area contributed by atoms with E-state index in [-0.39, 0.29) is 5.69 Å². The maximum absolute atomic E-state index is 11.0. The number of nitrogens with zero attached hydrogens (tertiary/aromatic N) is 3. The topological polar surface area (TPSA) is 81.1 Å². The molecular weight excluding hydrogens is 450 g/mol. The molecule has 1 atom stereocenters. The minimum Gasteiger partial charge on any atom is -0.492 e. The van der Waals surface area contributed by atoms with Crippen LogP contribution in [0.25, 0.3) is 22.6 Å². The van der Waals surface area contributed by atoms with Gasteiger partial charge in [-0.15, -0.1) is 0 Å².